The Labute approximate surface area is 121 Å². The van der Waals surface area contributed by atoms with E-state index in [1.54, 1.807) is 0 Å². The Bertz CT molecular complexity index is 422. The Kier molecular flexibility index (Phi) is 4.23. The van der Waals surface area contributed by atoms with Crippen LogP contribution in [0.15, 0.2) is 0 Å². The number of rotatable bonds is 5. The van der Waals surface area contributed by atoms with Gasteiger partial charge in [-0.3, -0.25) is 0 Å². The molecule has 1 aromatic heterocycles. The zero-order valence-electron chi connectivity index (χ0n) is 12.2. The number of nitrogens with zero attached hydrogens (tertiary/aromatic N) is 1. The van der Waals surface area contributed by atoms with Gasteiger partial charge in [-0.1, -0.05) is 26.2 Å². The summed E-state index contributed by atoms with van der Waals surface area (Å²) < 4.78 is 0. The van der Waals surface area contributed by atoms with Crippen molar-refractivity contribution in [2.45, 2.75) is 77.3 Å². The average molecular weight is 278 g/mol. The highest BCUT2D eigenvalue weighted by atomic mass is 32.1. The number of hydrogen-bond donors (Lipinski definition) is 1. The van der Waals surface area contributed by atoms with Crippen molar-refractivity contribution >= 4 is 11.3 Å². The molecule has 2 atom stereocenters. The molecule has 3 heteroatoms. The molecule has 2 aliphatic rings. The van der Waals surface area contributed by atoms with Gasteiger partial charge in [-0.15, -0.1) is 11.3 Å². The van der Waals surface area contributed by atoms with Crippen molar-refractivity contribution in [2.75, 3.05) is 0 Å². The Morgan fingerprint density at radius 3 is 2.84 bits per heavy atom. The third kappa shape index (κ3) is 3.38. The quantitative estimate of drug-likeness (QED) is 0.864. The van der Waals surface area contributed by atoms with Crippen LogP contribution in [0.4, 0.5) is 0 Å². The van der Waals surface area contributed by atoms with Gasteiger partial charge >= 0.3 is 0 Å². The van der Waals surface area contributed by atoms with Crippen LogP contribution in [-0.2, 0) is 6.54 Å². The summed E-state index contributed by atoms with van der Waals surface area (Å²) in [5, 5.41) is 5.04. The molecule has 0 aromatic carbocycles. The SMILES string of the molecule is CCC1CCCC(c2nc(C)c(CNC3CC3)s2)C1. The van der Waals surface area contributed by atoms with Gasteiger partial charge in [0.2, 0.25) is 0 Å². The maximum Gasteiger partial charge on any atom is 0.0962 e. The largest absolute Gasteiger partial charge is 0.309 e. The molecular weight excluding hydrogens is 252 g/mol. The standard InChI is InChI=1S/C16H26N2S/c1-3-12-5-4-6-13(9-12)16-18-11(2)15(19-16)10-17-14-7-8-14/h12-14,17H,3-10H2,1-2H3. The lowest BCUT2D eigenvalue weighted by atomic mass is 9.80. The van der Waals surface area contributed by atoms with Crippen LogP contribution in [-0.4, -0.2) is 11.0 Å². The van der Waals surface area contributed by atoms with Gasteiger partial charge in [0.15, 0.2) is 0 Å². The van der Waals surface area contributed by atoms with Crippen LogP contribution in [0.1, 0.15) is 73.4 Å². The van der Waals surface area contributed by atoms with Gasteiger partial charge < -0.3 is 5.32 Å². The fourth-order valence-corrected chi connectivity index (χ4v) is 4.36. The van der Waals surface area contributed by atoms with Gasteiger partial charge in [-0.25, -0.2) is 4.98 Å². The second kappa shape index (κ2) is 5.92. The molecule has 3 rings (SSSR count). The first-order chi connectivity index (χ1) is 9.26. The lowest BCUT2D eigenvalue weighted by molar-refractivity contribution is 0.314. The molecule has 0 aliphatic heterocycles. The van der Waals surface area contributed by atoms with Gasteiger partial charge in [0, 0.05) is 23.4 Å². The highest BCUT2D eigenvalue weighted by Gasteiger charge is 2.26. The summed E-state index contributed by atoms with van der Waals surface area (Å²) in [5.41, 5.74) is 1.27. The third-order valence-electron chi connectivity index (χ3n) is 4.75. The predicted octanol–water partition coefficient (Wildman–Crippen LogP) is 4.39. The first-order valence-corrected chi connectivity index (χ1v) is 8.77. The molecule has 0 radical (unpaired) electrons. The number of hydrogen-bond acceptors (Lipinski definition) is 3. The average Bonchev–Trinajstić information content (AvgIpc) is 3.19. The molecule has 0 bridgehead atoms. The zero-order chi connectivity index (χ0) is 13.2. The molecule has 19 heavy (non-hydrogen) atoms. The van der Waals surface area contributed by atoms with Crippen molar-refractivity contribution < 1.29 is 0 Å². The predicted molar refractivity (Wildman–Crippen MR) is 81.7 cm³/mol. The molecule has 2 aliphatic carbocycles. The van der Waals surface area contributed by atoms with Crippen molar-refractivity contribution in [1.82, 2.24) is 10.3 Å². The lowest BCUT2D eigenvalue weighted by Crippen LogP contribution is -2.14. The van der Waals surface area contributed by atoms with Crippen LogP contribution in [0.2, 0.25) is 0 Å². The minimum Gasteiger partial charge on any atom is -0.309 e. The molecule has 106 valence electrons. The van der Waals surface area contributed by atoms with E-state index in [2.05, 4.69) is 19.2 Å². The van der Waals surface area contributed by atoms with Crippen molar-refractivity contribution in [3.63, 3.8) is 0 Å². The van der Waals surface area contributed by atoms with Crippen molar-refractivity contribution in [2.24, 2.45) is 5.92 Å². The summed E-state index contributed by atoms with van der Waals surface area (Å²) in [6.07, 6.45) is 9.65. The highest BCUT2D eigenvalue weighted by molar-refractivity contribution is 7.11. The van der Waals surface area contributed by atoms with Gasteiger partial charge in [0.25, 0.3) is 0 Å². The molecule has 0 amide bonds. The van der Waals surface area contributed by atoms with E-state index >= 15 is 0 Å². The molecule has 1 N–H and O–H groups in total. The second-order valence-electron chi connectivity index (χ2n) is 6.35. The number of aromatic nitrogens is 1. The van der Waals surface area contributed by atoms with E-state index in [0.717, 1.165) is 24.4 Å². The van der Waals surface area contributed by atoms with E-state index in [-0.39, 0.29) is 0 Å². The van der Waals surface area contributed by atoms with Crippen molar-refractivity contribution in [3.05, 3.63) is 15.6 Å². The van der Waals surface area contributed by atoms with Crippen LogP contribution < -0.4 is 5.32 Å². The summed E-state index contributed by atoms with van der Waals surface area (Å²) in [7, 11) is 0. The van der Waals surface area contributed by atoms with Gasteiger partial charge in [-0.05, 0) is 38.5 Å². The zero-order valence-corrected chi connectivity index (χ0v) is 13.1. The highest BCUT2D eigenvalue weighted by Crippen LogP contribution is 2.39. The van der Waals surface area contributed by atoms with Gasteiger partial charge in [-0.2, -0.15) is 0 Å². The molecule has 2 fully saturated rings. The summed E-state index contributed by atoms with van der Waals surface area (Å²) in [4.78, 5) is 6.35. The second-order valence-corrected chi connectivity index (χ2v) is 7.47. The molecule has 2 saturated carbocycles. The van der Waals surface area contributed by atoms with Crippen molar-refractivity contribution in [1.29, 1.82) is 0 Å². The number of aryl methyl sites for hydroxylation is 1. The first kappa shape index (κ1) is 13.6. The lowest BCUT2D eigenvalue weighted by Gasteiger charge is -2.26. The van der Waals surface area contributed by atoms with Crippen LogP contribution in [0.25, 0.3) is 0 Å². The molecule has 0 spiro atoms. The number of nitrogens with one attached hydrogen (secondary N) is 1. The maximum atomic E-state index is 4.88. The third-order valence-corrected chi connectivity index (χ3v) is 6.07. The smallest absolute Gasteiger partial charge is 0.0962 e. The molecule has 1 heterocycles. The minimum absolute atomic E-state index is 0.747. The topological polar surface area (TPSA) is 24.9 Å². The summed E-state index contributed by atoms with van der Waals surface area (Å²) in [6.45, 7) is 5.56. The van der Waals surface area contributed by atoms with Crippen LogP contribution in [0.3, 0.4) is 0 Å². The Morgan fingerprint density at radius 2 is 2.11 bits per heavy atom. The van der Waals surface area contributed by atoms with E-state index in [9.17, 15) is 0 Å². The molecule has 2 nitrogen and oxygen atoms in total. The molecular formula is C16H26N2S. The van der Waals surface area contributed by atoms with Crippen LogP contribution in [0.5, 0.6) is 0 Å². The van der Waals surface area contributed by atoms with E-state index in [4.69, 9.17) is 4.98 Å². The molecule has 1 aromatic rings. The minimum atomic E-state index is 0.747. The Morgan fingerprint density at radius 1 is 1.26 bits per heavy atom. The molecule has 2 unspecified atom stereocenters. The van der Waals surface area contributed by atoms with Crippen molar-refractivity contribution in [3.8, 4) is 0 Å². The van der Waals surface area contributed by atoms with Gasteiger partial charge in [0.1, 0.15) is 0 Å². The van der Waals surface area contributed by atoms with E-state index in [1.165, 1.54) is 60.5 Å². The van der Waals surface area contributed by atoms with E-state index < -0.39 is 0 Å². The first-order valence-electron chi connectivity index (χ1n) is 7.95. The van der Waals surface area contributed by atoms with Crippen LogP contribution in [0, 0.1) is 12.8 Å². The summed E-state index contributed by atoms with van der Waals surface area (Å²) in [6, 6.07) is 0.795. The normalized spacial score (nSPS) is 27.7. The Hall–Kier alpha value is -0.410. The molecule has 0 saturated heterocycles. The Balaban J connectivity index is 1.64. The van der Waals surface area contributed by atoms with E-state index in [0.29, 0.717) is 0 Å². The fourth-order valence-electron chi connectivity index (χ4n) is 3.20. The number of thiazole rings is 1. The fraction of sp³-hybridized carbons (Fsp3) is 0.812. The maximum absolute atomic E-state index is 4.88. The van der Waals surface area contributed by atoms with Gasteiger partial charge in [0.05, 0.1) is 10.7 Å². The van der Waals surface area contributed by atoms with Crippen LogP contribution >= 0.6 is 11.3 Å². The summed E-state index contributed by atoms with van der Waals surface area (Å²) >= 11 is 1.97. The summed E-state index contributed by atoms with van der Waals surface area (Å²) in [5.74, 6) is 1.69. The van der Waals surface area contributed by atoms with E-state index in [1.807, 2.05) is 11.3 Å². The monoisotopic (exact) mass is 278 g/mol.